The summed E-state index contributed by atoms with van der Waals surface area (Å²) in [6, 6.07) is 0. The summed E-state index contributed by atoms with van der Waals surface area (Å²) in [4.78, 5) is 0. The third kappa shape index (κ3) is 3.96. The molecule has 0 amide bonds. The van der Waals surface area contributed by atoms with Crippen molar-refractivity contribution in [2.45, 2.75) is 76.6 Å². The summed E-state index contributed by atoms with van der Waals surface area (Å²) in [6.45, 7) is 6.72. The number of hydrogen-bond donors (Lipinski definition) is 1. The normalized spacial score (nSPS) is 32.6. The molecular weight excluding hydrogens is 216 g/mol. The maximum Gasteiger partial charge on any atom is 0.0766 e. The van der Waals surface area contributed by atoms with Crippen molar-refractivity contribution in [2.75, 3.05) is 5.75 Å². The average molecular weight is 244 g/mol. The van der Waals surface area contributed by atoms with E-state index in [1.807, 2.05) is 11.8 Å². The van der Waals surface area contributed by atoms with E-state index >= 15 is 0 Å². The maximum absolute atomic E-state index is 10.7. The molecule has 3 atom stereocenters. The Labute approximate surface area is 105 Å². The number of aliphatic hydroxyl groups is 1. The highest BCUT2D eigenvalue weighted by Crippen LogP contribution is 2.39. The molecule has 0 spiro atoms. The van der Waals surface area contributed by atoms with Crippen LogP contribution >= 0.6 is 11.8 Å². The van der Waals surface area contributed by atoms with E-state index in [1.54, 1.807) is 0 Å². The van der Waals surface area contributed by atoms with Crippen molar-refractivity contribution in [1.29, 1.82) is 0 Å². The molecule has 1 aliphatic heterocycles. The van der Waals surface area contributed by atoms with E-state index in [0.29, 0.717) is 5.25 Å². The number of hydrogen-bond acceptors (Lipinski definition) is 2. The zero-order valence-corrected chi connectivity index (χ0v) is 12.0. The van der Waals surface area contributed by atoms with E-state index in [-0.39, 0.29) is 5.60 Å². The summed E-state index contributed by atoms with van der Waals surface area (Å²) >= 11 is 1.95. The summed E-state index contributed by atoms with van der Waals surface area (Å²) in [7, 11) is 0. The van der Waals surface area contributed by atoms with Crippen LogP contribution < -0.4 is 0 Å². The molecule has 1 aliphatic rings. The average Bonchev–Trinajstić information content (AvgIpc) is 2.28. The van der Waals surface area contributed by atoms with E-state index in [4.69, 9.17) is 0 Å². The summed E-state index contributed by atoms with van der Waals surface area (Å²) in [6.07, 6.45) is 8.35. The lowest BCUT2D eigenvalue weighted by atomic mass is 9.81. The van der Waals surface area contributed by atoms with Crippen molar-refractivity contribution in [3.63, 3.8) is 0 Å². The second kappa shape index (κ2) is 6.90. The molecule has 0 bridgehead atoms. The molecule has 0 aromatic heterocycles. The number of rotatable bonds is 6. The van der Waals surface area contributed by atoms with Crippen LogP contribution in [-0.2, 0) is 0 Å². The molecule has 1 fully saturated rings. The second-order valence-electron chi connectivity index (χ2n) is 5.34. The highest BCUT2D eigenvalue weighted by molar-refractivity contribution is 8.00. The molecule has 96 valence electrons. The highest BCUT2D eigenvalue weighted by atomic mass is 32.2. The highest BCUT2D eigenvalue weighted by Gasteiger charge is 2.37. The quantitative estimate of drug-likeness (QED) is 0.754. The van der Waals surface area contributed by atoms with E-state index in [9.17, 15) is 5.11 Å². The van der Waals surface area contributed by atoms with Crippen LogP contribution in [0.25, 0.3) is 0 Å². The molecule has 0 aliphatic carbocycles. The fourth-order valence-corrected chi connectivity index (χ4v) is 3.90. The van der Waals surface area contributed by atoms with Crippen molar-refractivity contribution < 1.29 is 5.11 Å². The van der Waals surface area contributed by atoms with Gasteiger partial charge in [-0.1, -0.05) is 46.5 Å². The minimum absolute atomic E-state index is 0.378. The monoisotopic (exact) mass is 244 g/mol. The Bertz CT molecular complexity index is 195. The van der Waals surface area contributed by atoms with Gasteiger partial charge in [-0.3, -0.25) is 0 Å². The minimum atomic E-state index is -0.378. The second-order valence-corrected chi connectivity index (χ2v) is 6.79. The van der Waals surface area contributed by atoms with Crippen LogP contribution in [0.15, 0.2) is 0 Å². The smallest absolute Gasteiger partial charge is 0.0766 e. The van der Waals surface area contributed by atoms with Crippen LogP contribution in [0.1, 0.15) is 65.7 Å². The lowest BCUT2D eigenvalue weighted by molar-refractivity contribution is 0.00349. The summed E-state index contributed by atoms with van der Waals surface area (Å²) < 4.78 is 0. The van der Waals surface area contributed by atoms with Crippen LogP contribution in [0.5, 0.6) is 0 Å². The Kier molecular flexibility index (Phi) is 6.20. The standard InChI is InChI=1S/C14H28OS/c1-4-6-8-13(5-2)11-14(15)9-7-10-16-12(14)3/h12-13,15H,4-11H2,1-3H3. The van der Waals surface area contributed by atoms with Crippen molar-refractivity contribution in [1.82, 2.24) is 0 Å². The van der Waals surface area contributed by atoms with Gasteiger partial charge in [0.1, 0.15) is 0 Å². The Morgan fingerprint density at radius 3 is 2.75 bits per heavy atom. The van der Waals surface area contributed by atoms with Gasteiger partial charge in [0.05, 0.1) is 5.60 Å². The van der Waals surface area contributed by atoms with Gasteiger partial charge in [0.15, 0.2) is 0 Å². The number of unbranched alkanes of at least 4 members (excludes halogenated alkanes) is 1. The molecular formula is C14H28OS. The first-order chi connectivity index (χ1) is 7.62. The fraction of sp³-hybridized carbons (Fsp3) is 1.00. The molecule has 1 N–H and O–H groups in total. The summed E-state index contributed by atoms with van der Waals surface area (Å²) in [5.41, 5.74) is -0.378. The van der Waals surface area contributed by atoms with Gasteiger partial charge in [0, 0.05) is 5.25 Å². The molecule has 0 aromatic rings. The van der Waals surface area contributed by atoms with E-state index < -0.39 is 0 Å². The maximum atomic E-state index is 10.7. The largest absolute Gasteiger partial charge is 0.389 e. The summed E-state index contributed by atoms with van der Waals surface area (Å²) in [5, 5.41) is 11.1. The molecule has 2 heteroatoms. The van der Waals surface area contributed by atoms with Gasteiger partial charge in [-0.05, 0) is 30.9 Å². The lowest BCUT2D eigenvalue weighted by Crippen LogP contribution is -2.43. The molecule has 1 saturated heterocycles. The third-order valence-corrected chi connectivity index (χ3v) is 5.53. The zero-order chi connectivity index (χ0) is 12.0. The van der Waals surface area contributed by atoms with Crippen LogP contribution in [-0.4, -0.2) is 21.7 Å². The predicted octanol–water partition coefficient (Wildman–Crippen LogP) is 4.24. The van der Waals surface area contributed by atoms with E-state index in [2.05, 4.69) is 20.8 Å². The van der Waals surface area contributed by atoms with Crippen LogP contribution in [0, 0.1) is 5.92 Å². The SMILES string of the molecule is CCCCC(CC)CC1(O)CCCSC1C. The molecule has 0 radical (unpaired) electrons. The zero-order valence-electron chi connectivity index (χ0n) is 11.2. The van der Waals surface area contributed by atoms with Gasteiger partial charge in [-0.2, -0.15) is 11.8 Å². The van der Waals surface area contributed by atoms with Gasteiger partial charge in [0.25, 0.3) is 0 Å². The van der Waals surface area contributed by atoms with Crippen LogP contribution in [0.2, 0.25) is 0 Å². The van der Waals surface area contributed by atoms with Crippen molar-refractivity contribution >= 4 is 11.8 Å². The molecule has 16 heavy (non-hydrogen) atoms. The third-order valence-electron chi connectivity index (χ3n) is 4.06. The Hall–Kier alpha value is 0.310. The van der Waals surface area contributed by atoms with Crippen molar-refractivity contribution in [3.8, 4) is 0 Å². The van der Waals surface area contributed by atoms with Crippen LogP contribution in [0.4, 0.5) is 0 Å². The first kappa shape index (κ1) is 14.4. The van der Waals surface area contributed by atoms with E-state index in [1.165, 1.54) is 37.9 Å². The molecule has 1 rings (SSSR count). The van der Waals surface area contributed by atoms with Crippen molar-refractivity contribution in [3.05, 3.63) is 0 Å². The Morgan fingerprint density at radius 2 is 2.19 bits per heavy atom. The Balaban J connectivity index is 2.47. The molecule has 1 heterocycles. The van der Waals surface area contributed by atoms with Gasteiger partial charge in [-0.15, -0.1) is 0 Å². The molecule has 0 saturated carbocycles. The first-order valence-corrected chi connectivity index (χ1v) is 8.01. The van der Waals surface area contributed by atoms with Gasteiger partial charge in [0.2, 0.25) is 0 Å². The van der Waals surface area contributed by atoms with Crippen LogP contribution in [0.3, 0.4) is 0 Å². The Morgan fingerprint density at radius 1 is 1.44 bits per heavy atom. The summed E-state index contributed by atoms with van der Waals surface area (Å²) in [5.74, 6) is 1.96. The first-order valence-electron chi connectivity index (χ1n) is 6.96. The minimum Gasteiger partial charge on any atom is -0.389 e. The van der Waals surface area contributed by atoms with Gasteiger partial charge >= 0.3 is 0 Å². The van der Waals surface area contributed by atoms with Gasteiger partial charge in [-0.25, -0.2) is 0 Å². The molecule has 3 unspecified atom stereocenters. The topological polar surface area (TPSA) is 20.2 Å². The molecule has 0 aromatic carbocycles. The molecule has 1 nitrogen and oxygen atoms in total. The fourth-order valence-electron chi connectivity index (χ4n) is 2.71. The number of thioether (sulfide) groups is 1. The predicted molar refractivity (Wildman–Crippen MR) is 74.0 cm³/mol. The van der Waals surface area contributed by atoms with E-state index in [0.717, 1.165) is 18.8 Å². The lowest BCUT2D eigenvalue weighted by Gasteiger charge is -2.40. The van der Waals surface area contributed by atoms with Gasteiger partial charge < -0.3 is 5.11 Å². The van der Waals surface area contributed by atoms with Crippen molar-refractivity contribution in [2.24, 2.45) is 5.92 Å².